The van der Waals surface area contributed by atoms with E-state index in [2.05, 4.69) is 20.8 Å². The Labute approximate surface area is 115 Å². The largest absolute Gasteiger partial charge is 0.466 e. The predicted molar refractivity (Wildman–Crippen MR) is 72.4 cm³/mol. The van der Waals surface area contributed by atoms with Crippen LogP contribution in [0.2, 0.25) is 0 Å². The zero-order valence-electron chi connectivity index (χ0n) is 12.4. The van der Waals surface area contributed by atoms with Crippen LogP contribution >= 0.6 is 0 Å². The molecule has 19 heavy (non-hydrogen) atoms. The minimum Gasteiger partial charge on any atom is -0.466 e. The van der Waals surface area contributed by atoms with Gasteiger partial charge in [-0.25, -0.2) is 0 Å². The van der Waals surface area contributed by atoms with Gasteiger partial charge in [0.1, 0.15) is 0 Å². The third-order valence-electron chi connectivity index (χ3n) is 3.93. The van der Waals surface area contributed by atoms with Crippen LogP contribution in [-0.2, 0) is 14.3 Å². The van der Waals surface area contributed by atoms with Gasteiger partial charge in [-0.15, -0.1) is 0 Å². The normalized spacial score (nSPS) is 25.9. The van der Waals surface area contributed by atoms with Gasteiger partial charge in [-0.2, -0.15) is 0 Å². The summed E-state index contributed by atoms with van der Waals surface area (Å²) in [4.78, 5) is 25.9. The number of ether oxygens (including phenoxy) is 1. The Bertz CT molecular complexity index is 368. The Morgan fingerprint density at radius 1 is 1.26 bits per heavy atom. The van der Waals surface area contributed by atoms with Crippen molar-refractivity contribution in [2.75, 3.05) is 13.2 Å². The SMILES string of the molecule is CCOC(=O)C1CC1CN(C(=O)C1CC1)C(C)(C)C. The van der Waals surface area contributed by atoms with Gasteiger partial charge in [0.2, 0.25) is 5.91 Å². The summed E-state index contributed by atoms with van der Waals surface area (Å²) in [6, 6.07) is 0. The number of esters is 1. The van der Waals surface area contributed by atoms with Crippen LogP contribution in [0, 0.1) is 17.8 Å². The average molecular weight is 267 g/mol. The molecule has 2 atom stereocenters. The highest BCUT2D eigenvalue weighted by Crippen LogP contribution is 2.42. The van der Waals surface area contributed by atoms with E-state index in [4.69, 9.17) is 4.74 Å². The number of carbonyl (C=O) groups is 2. The van der Waals surface area contributed by atoms with Crippen molar-refractivity contribution in [2.45, 2.75) is 52.5 Å². The van der Waals surface area contributed by atoms with E-state index in [0.717, 1.165) is 19.3 Å². The molecule has 0 heterocycles. The van der Waals surface area contributed by atoms with E-state index in [1.54, 1.807) is 0 Å². The van der Waals surface area contributed by atoms with E-state index in [0.29, 0.717) is 19.1 Å². The van der Waals surface area contributed by atoms with E-state index in [1.165, 1.54) is 0 Å². The van der Waals surface area contributed by atoms with E-state index < -0.39 is 0 Å². The minimum atomic E-state index is -0.165. The van der Waals surface area contributed by atoms with Crippen molar-refractivity contribution in [1.82, 2.24) is 4.90 Å². The first kappa shape index (κ1) is 14.4. The molecule has 2 rings (SSSR count). The van der Waals surface area contributed by atoms with E-state index >= 15 is 0 Å². The number of amides is 1. The summed E-state index contributed by atoms with van der Waals surface area (Å²) in [6.45, 7) is 9.15. The molecule has 0 saturated heterocycles. The summed E-state index contributed by atoms with van der Waals surface area (Å²) in [7, 11) is 0. The maximum atomic E-state index is 12.3. The second-order valence-electron chi connectivity index (χ2n) is 6.75. The van der Waals surface area contributed by atoms with Gasteiger partial charge in [-0.1, -0.05) is 0 Å². The number of hydrogen-bond acceptors (Lipinski definition) is 3. The minimum absolute atomic E-state index is 0.0109. The molecule has 0 aromatic heterocycles. The maximum Gasteiger partial charge on any atom is 0.309 e. The molecular formula is C15H25NO3. The second-order valence-corrected chi connectivity index (χ2v) is 6.75. The molecule has 108 valence electrons. The maximum absolute atomic E-state index is 12.3. The van der Waals surface area contributed by atoms with Crippen molar-refractivity contribution in [1.29, 1.82) is 0 Å². The summed E-state index contributed by atoms with van der Waals surface area (Å²) >= 11 is 0. The molecule has 0 aromatic rings. The standard InChI is InChI=1S/C15H25NO3/c1-5-19-14(18)12-8-11(12)9-16(15(2,3)4)13(17)10-6-7-10/h10-12H,5-9H2,1-4H3. The summed E-state index contributed by atoms with van der Waals surface area (Å²) in [6.07, 6.45) is 2.91. The van der Waals surface area contributed by atoms with Crippen molar-refractivity contribution >= 4 is 11.9 Å². The van der Waals surface area contributed by atoms with Crippen LogP contribution in [0.5, 0.6) is 0 Å². The molecule has 2 saturated carbocycles. The molecule has 0 bridgehead atoms. The van der Waals surface area contributed by atoms with Crippen molar-refractivity contribution in [3.63, 3.8) is 0 Å². The highest BCUT2D eigenvalue weighted by atomic mass is 16.5. The van der Waals surface area contributed by atoms with Crippen LogP contribution < -0.4 is 0 Å². The third kappa shape index (κ3) is 3.48. The van der Waals surface area contributed by atoms with Gasteiger partial charge < -0.3 is 9.64 Å². The molecule has 0 aromatic carbocycles. The van der Waals surface area contributed by atoms with Crippen LogP contribution in [0.1, 0.15) is 47.0 Å². The lowest BCUT2D eigenvalue weighted by Gasteiger charge is -2.36. The summed E-state index contributed by atoms with van der Waals surface area (Å²) in [5, 5.41) is 0. The van der Waals surface area contributed by atoms with Crippen LogP contribution in [0.25, 0.3) is 0 Å². The fourth-order valence-electron chi connectivity index (χ4n) is 2.47. The number of rotatable bonds is 5. The summed E-state index contributed by atoms with van der Waals surface area (Å²) < 4.78 is 5.04. The van der Waals surface area contributed by atoms with E-state index in [-0.39, 0.29) is 29.3 Å². The Kier molecular flexibility index (Phi) is 3.88. The predicted octanol–water partition coefficient (Wildman–Crippen LogP) is 2.22. The average Bonchev–Trinajstić information content (AvgIpc) is 3.16. The van der Waals surface area contributed by atoms with E-state index in [1.807, 2.05) is 11.8 Å². The van der Waals surface area contributed by atoms with Gasteiger partial charge in [-0.05, 0) is 52.9 Å². The van der Waals surface area contributed by atoms with Crippen LogP contribution in [0.3, 0.4) is 0 Å². The smallest absolute Gasteiger partial charge is 0.309 e. The van der Waals surface area contributed by atoms with Crippen molar-refractivity contribution in [3.8, 4) is 0 Å². The molecule has 2 aliphatic rings. The zero-order chi connectivity index (χ0) is 14.2. The second kappa shape index (κ2) is 5.14. The van der Waals surface area contributed by atoms with E-state index in [9.17, 15) is 9.59 Å². The number of hydrogen-bond donors (Lipinski definition) is 0. The molecule has 1 amide bonds. The van der Waals surface area contributed by atoms with Gasteiger partial charge in [-0.3, -0.25) is 9.59 Å². The Morgan fingerprint density at radius 3 is 2.37 bits per heavy atom. The third-order valence-corrected chi connectivity index (χ3v) is 3.93. The molecule has 2 unspecified atom stereocenters. The van der Waals surface area contributed by atoms with Gasteiger partial charge in [0.15, 0.2) is 0 Å². The fraction of sp³-hybridized carbons (Fsp3) is 0.867. The van der Waals surface area contributed by atoms with Gasteiger partial charge in [0.05, 0.1) is 12.5 Å². The lowest BCUT2D eigenvalue weighted by molar-refractivity contribution is -0.146. The molecular weight excluding hydrogens is 242 g/mol. The zero-order valence-corrected chi connectivity index (χ0v) is 12.4. The fourth-order valence-corrected chi connectivity index (χ4v) is 2.47. The Balaban J connectivity index is 1.91. The number of carbonyl (C=O) groups excluding carboxylic acids is 2. The molecule has 4 heteroatoms. The summed E-state index contributed by atoms with van der Waals surface area (Å²) in [5.74, 6) is 0.707. The van der Waals surface area contributed by atoms with Crippen molar-refractivity contribution in [2.24, 2.45) is 17.8 Å². The van der Waals surface area contributed by atoms with Gasteiger partial charge >= 0.3 is 5.97 Å². The molecule has 0 spiro atoms. The monoisotopic (exact) mass is 267 g/mol. The first-order valence-corrected chi connectivity index (χ1v) is 7.32. The lowest BCUT2D eigenvalue weighted by atomic mass is 10.0. The first-order chi connectivity index (χ1) is 8.84. The highest BCUT2D eigenvalue weighted by Gasteiger charge is 2.48. The molecule has 0 radical (unpaired) electrons. The van der Waals surface area contributed by atoms with Crippen LogP contribution in [0.4, 0.5) is 0 Å². The molecule has 0 N–H and O–H groups in total. The quantitative estimate of drug-likeness (QED) is 0.718. The molecule has 4 nitrogen and oxygen atoms in total. The lowest BCUT2D eigenvalue weighted by Crippen LogP contribution is -2.47. The highest BCUT2D eigenvalue weighted by molar-refractivity contribution is 5.82. The number of nitrogens with zero attached hydrogens (tertiary/aromatic N) is 1. The molecule has 2 aliphatic carbocycles. The van der Waals surface area contributed by atoms with Crippen LogP contribution in [0.15, 0.2) is 0 Å². The first-order valence-electron chi connectivity index (χ1n) is 7.32. The Morgan fingerprint density at radius 2 is 1.89 bits per heavy atom. The topological polar surface area (TPSA) is 46.6 Å². The Hall–Kier alpha value is -1.06. The molecule has 0 aliphatic heterocycles. The van der Waals surface area contributed by atoms with Crippen molar-refractivity contribution < 1.29 is 14.3 Å². The van der Waals surface area contributed by atoms with Gasteiger partial charge in [0, 0.05) is 18.0 Å². The van der Waals surface area contributed by atoms with Gasteiger partial charge in [0.25, 0.3) is 0 Å². The summed E-state index contributed by atoms with van der Waals surface area (Å²) in [5.41, 5.74) is -0.165. The molecule has 2 fully saturated rings. The van der Waals surface area contributed by atoms with Crippen LogP contribution in [-0.4, -0.2) is 35.5 Å². The van der Waals surface area contributed by atoms with Crippen molar-refractivity contribution in [3.05, 3.63) is 0 Å².